The molecule has 0 N–H and O–H groups in total. The Morgan fingerprint density at radius 3 is 1.80 bits per heavy atom. The van der Waals surface area contributed by atoms with Gasteiger partial charge in [0.2, 0.25) is 5.24 Å². The zero-order valence-corrected chi connectivity index (χ0v) is 13.9. The third-order valence-corrected chi connectivity index (χ3v) is 4.90. The lowest BCUT2D eigenvalue weighted by Crippen LogP contribution is -2.05. The molecular formula is C18H33ClO. The summed E-state index contributed by atoms with van der Waals surface area (Å²) >= 11 is 5.31. The summed E-state index contributed by atoms with van der Waals surface area (Å²) in [4.78, 5) is 10.6. The number of carbonyl (C=O) groups is 1. The Balaban J connectivity index is 1.73. The Bertz CT molecular complexity index is 234. The van der Waals surface area contributed by atoms with Crippen molar-refractivity contribution >= 4 is 16.8 Å². The molecule has 20 heavy (non-hydrogen) atoms. The fourth-order valence-corrected chi connectivity index (χ4v) is 3.54. The second-order valence-electron chi connectivity index (χ2n) is 6.58. The SMILES string of the molecule is O=C(Cl)CCCCCCCCCCCC1CCCCC1. The summed E-state index contributed by atoms with van der Waals surface area (Å²) in [6, 6.07) is 0. The molecule has 1 aliphatic carbocycles. The van der Waals surface area contributed by atoms with E-state index >= 15 is 0 Å². The molecule has 0 heterocycles. The lowest BCUT2D eigenvalue weighted by atomic mass is 9.85. The molecule has 0 aliphatic heterocycles. The molecule has 0 aromatic rings. The molecule has 2 heteroatoms. The van der Waals surface area contributed by atoms with Gasteiger partial charge in [0, 0.05) is 6.42 Å². The van der Waals surface area contributed by atoms with Crippen LogP contribution in [0.4, 0.5) is 0 Å². The van der Waals surface area contributed by atoms with Gasteiger partial charge < -0.3 is 0 Å². The van der Waals surface area contributed by atoms with E-state index in [1.165, 1.54) is 89.9 Å². The van der Waals surface area contributed by atoms with Crippen molar-refractivity contribution in [3.63, 3.8) is 0 Å². The van der Waals surface area contributed by atoms with Gasteiger partial charge >= 0.3 is 0 Å². The van der Waals surface area contributed by atoms with Crippen LogP contribution in [0.3, 0.4) is 0 Å². The summed E-state index contributed by atoms with van der Waals surface area (Å²) in [5.41, 5.74) is 0. The maximum atomic E-state index is 10.6. The molecule has 0 aromatic heterocycles. The van der Waals surface area contributed by atoms with Crippen molar-refractivity contribution in [1.82, 2.24) is 0 Å². The van der Waals surface area contributed by atoms with Gasteiger partial charge in [-0.2, -0.15) is 0 Å². The van der Waals surface area contributed by atoms with Crippen molar-refractivity contribution in [2.24, 2.45) is 5.92 Å². The largest absolute Gasteiger partial charge is 0.281 e. The molecule has 118 valence electrons. The molecule has 0 radical (unpaired) electrons. The Hall–Kier alpha value is -0.0400. The van der Waals surface area contributed by atoms with E-state index in [-0.39, 0.29) is 5.24 Å². The zero-order valence-electron chi connectivity index (χ0n) is 13.2. The van der Waals surface area contributed by atoms with Crippen LogP contribution in [0.25, 0.3) is 0 Å². The van der Waals surface area contributed by atoms with Gasteiger partial charge in [-0.15, -0.1) is 0 Å². The maximum absolute atomic E-state index is 10.6. The highest BCUT2D eigenvalue weighted by atomic mass is 35.5. The van der Waals surface area contributed by atoms with Crippen molar-refractivity contribution in [3.05, 3.63) is 0 Å². The van der Waals surface area contributed by atoms with E-state index < -0.39 is 0 Å². The van der Waals surface area contributed by atoms with E-state index in [4.69, 9.17) is 11.6 Å². The van der Waals surface area contributed by atoms with Gasteiger partial charge in [-0.05, 0) is 23.9 Å². The van der Waals surface area contributed by atoms with Crippen LogP contribution in [0, 0.1) is 5.92 Å². The number of hydrogen-bond acceptors (Lipinski definition) is 1. The van der Waals surface area contributed by atoms with Crippen LogP contribution in [0.1, 0.15) is 103 Å². The minimum atomic E-state index is -0.178. The molecule has 1 fully saturated rings. The van der Waals surface area contributed by atoms with E-state index in [9.17, 15) is 4.79 Å². The number of rotatable bonds is 12. The third kappa shape index (κ3) is 10.7. The van der Waals surface area contributed by atoms with Gasteiger partial charge in [-0.1, -0.05) is 89.9 Å². The smallest absolute Gasteiger partial charge is 0.221 e. The molecule has 1 rings (SSSR count). The number of unbranched alkanes of at least 4 members (excludes halogenated alkanes) is 8. The predicted octanol–water partition coefficient (Wildman–Crippen LogP) is 6.62. The van der Waals surface area contributed by atoms with E-state index in [2.05, 4.69) is 0 Å². The van der Waals surface area contributed by atoms with Crippen molar-refractivity contribution in [2.45, 2.75) is 103 Å². The van der Waals surface area contributed by atoms with Crippen LogP contribution in [-0.4, -0.2) is 5.24 Å². The van der Waals surface area contributed by atoms with Gasteiger partial charge in [0.25, 0.3) is 0 Å². The molecule has 1 aliphatic rings. The van der Waals surface area contributed by atoms with Gasteiger partial charge in [0.1, 0.15) is 0 Å². The molecule has 0 saturated heterocycles. The number of hydrogen-bond donors (Lipinski definition) is 0. The molecule has 0 aromatic carbocycles. The fraction of sp³-hybridized carbons (Fsp3) is 0.944. The van der Waals surface area contributed by atoms with Crippen LogP contribution in [0.15, 0.2) is 0 Å². The highest BCUT2D eigenvalue weighted by Gasteiger charge is 2.12. The van der Waals surface area contributed by atoms with Gasteiger partial charge in [0.05, 0.1) is 0 Å². The van der Waals surface area contributed by atoms with E-state index in [1.54, 1.807) is 0 Å². The first-order chi connectivity index (χ1) is 9.79. The second-order valence-corrected chi connectivity index (χ2v) is 7.00. The average Bonchev–Trinajstić information content (AvgIpc) is 2.45. The maximum Gasteiger partial charge on any atom is 0.221 e. The first-order valence-corrected chi connectivity index (χ1v) is 9.35. The molecule has 0 spiro atoms. The normalized spacial score (nSPS) is 16.4. The third-order valence-electron chi connectivity index (χ3n) is 4.71. The molecule has 0 amide bonds. The fourth-order valence-electron chi connectivity index (χ4n) is 3.41. The quantitative estimate of drug-likeness (QED) is 0.292. The van der Waals surface area contributed by atoms with Crippen LogP contribution in [0.2, 0.25) is 0 Å². The molecule has 1 saturated carbocycles. The summed E-state index contributed by atoms with van der Waals surface area (Å²) in [6.45, 7) is 0. The summed E-state index contributed by atoms with van der Waals surface area (Å²) in [7, 11) is 0. The average molecular weight is 301 g/mol. The Labute approximate surface area is 130 Å². The second kappa shape index (κ2) is 12.7. The van der Waals surface area contributed by atoms with Crippen LogP contribution < -0.4 is 0 Å². The topological polar surface area (TPSA) is 17.1 Å². The minimum absolute atomic E-state index is 0.178. The van der Waals surface area contributed by atoms with E-state index in [1.807, 2.05) is 0 Å². The highest BCUT2D eigenvalue weighted by Crippen LogP contribution is 2.28. The van der Waals surface area contributed by atoms with Crippen LogP contribution in [-0.2, 0) is 4.79 Å². The molecular weight excluding hydrogens is 268 g/mol. The Morgan fingerprint density at radius 1 is 0.750 bits per heavy atom. The number of halogens is 1. The van der Waals surface area contributed by atoms with Crippen molar-refractivity contribution in [1.29, 1.82) is 0 Å². The molecule has 0 unspecified atom stereocenters. The van der Waals surface area contributed by atoms with Gasteiger partial charge in [0.15, 0.2) is 0 Å². The van der Waals surface area contributed by atoms with Crippen LogP contribution in [0.5, 0.6) is 0 Å². The molecule has 0 bridgehead atoms. The molecule has 0 atom stereocenters. The number of carbonyl (C=O) groups excluding carboxylic acids is 1. The van der Waals surface area contributed by atoms with E-state index in [0.717, 1.165) is 12.3 Å². The highest BCUT2D eigenvalue weighted by molar-refractivity contribution is 6.63. The summed E-state index contributed by atoms with van der Waals surface area (Å²) in [5.74, 6) is 1.06. The minimum Gasteiger partial charge on any atom is -0.281 e. The van der Waals surface area contributed by atoms with Gasteiger partial charge in [-0.25, -0.2) is 0 Å². The van der Waals surface area contributed by atoms with Crippen molar-refractivity contribution in [2.75, 3.05) is 0 Å². The monoisotopic (exact) mass is 300 g/mol. The Morgan fingerprint density at radius 2 is 1.25 bits per heavy atom. The standard InChI is InChI=1S/C18H33ClO/c19-18(20)16-12-7-5-3-1-2-4-6-9-13-17-14-10-8-11-15-17/h17H,1-16H2. The zero-order chi connectivity index (χ0) is 14.5. The molecule has 1 nitrogen and oxygen atoms in total. The summed E-state index contributed by atoms with van der Waals surface area (Å²) in [5, 5.41) is -0.178. The Kier molecular flexibility index (Phi) is 11.4. The van der Waals surface area contributed by atoms with Crippen molar-refractivity contribution < 1.29 is 4.79 Å². The van der Waals surface area contributed by atoms with E-state index in [0.29, 0.717) is 6.42 Å². The first-order valence-electron chi connectivity index (χ1n) is 8.97. The lowest BCUT2D eigenvalue weighted by Gasteiger charge is -2.21. The lowest BCUT2D eigenvalue weighted by molar-refractivity contribution is -0.111. The van der Waals surface area contributed by atoms with Crippen molar-refractivity contribution in [3.8, 4) is 0 Å². The summed E-state index contributed by atoms with van der Waals surface area (Å²) in [6.07, 6.45) is 21.4. The summed E-state index contributed by atoms with van der Waals surface area (Å²) < 4.78 is 0. The first kappa shape index (κ1) is 18.0. The van der Waals surface area contributed by atoms with Crippen LogP contribution >= 0.6 is 11.6 Å². The van der Waals surface area contributed by atoms with Gasteiger partial charge in [-0.3, -0.25) is 4.79 Å². The predicted molar refractivity (Wildman–Crippen MR) is 88.2 cm³/mol.